The van der Waals surface area contributed by atoms with E-state index in [0.717, 1.165) is 15.7 Å². The van der Waals surface area contributed by atoms with Crippen molar-refractivity contribution in [3.05, 3.63) is 92.6 Å². The quantitative estimate of drug-likeness (QED) is 0.492. The van der Waals surface area contributed by atoms with Crippen molar-refractivity contribution >= 4 is 11.2 Å². The molecule has 154 valence electrons. The number of hydrogen-bond acceptors (Lipinski definition) is 4. The highest BCUT2D eigenvalue weighted by atomic mass is 19.1. The highest BCUT2D eigenvalue weighted by molar-refractivity contribution is 5.72. The molecule has 0 amide bonds. The van der Waals surface area contributed by atoms with E-state index < -0.39 is 11.2 Å². The monoisotopic (exact) mass is 408 g/mol. The fraction of sp³-hybridized carbons (Fsp3) is 0.227. The molecule has 2 heterocycles. The number of rotatable bonds is 6. The molecular formula is C22H21FN4O3. The molecule has 2 aromatic heterocycles. The van der Waals surface area contributed by atoms with Crippen molar-refractivity contribution < 1.29 is 9.13 Å². The summed E-state index contributed by atoms with van der Waals surface area (Å²) >= 11 is 0. The van der Waals surface area contributed by atoms with Gasteiger partial charge in [0.05, 0.1) is 25.2 Å². The second-order valence-electron chi connectivity index (χ2n) is 7.07. The molecule has 30 heavy (non-hydrogen) atoms. The van der Waals surface area contributed by atoms with Crippen molar-refractivity contribution in [3.63, 3.8) is 0 Å². The van der Waals surface area contributed by atoms with Gasteiger partial charge in [-0.15, -0.1) is 0 Å². The maximum Gasteiger partial charge on any atom is 0.337 e. The van der Waals surface area contributed by atoms with Crippen LogP contribution in [0, 0.1) is 12.7 Å². The fourth-order valence-electron chi connectivity index (χ4n) is 3.39. The minimum Gasteiger partial charge on any atom is -0.383 e. The molecule has 0 atom stereocenters. The molecule has 0 aliphatic heterocycles. The first-order valence-corrected chi connectivity index (χ1v) is 9.50. The van der Waals surface area contributed by atoms with Crippen LogP contribution < -0.4 is 11.2 Å². The maximum absolute atomic E-state index is 13.2. The van der Waals surface area contributed by atoms with E-state index in [4.69, 9.17) is 4.74 Å². The molecule has 2 aromatic carbocycles. The number of aromatic nitrogens is 4. The molecule has 0 N–H and O–H groups in total. The summed E-state index contributed by atoms with van der Waals surface area (Å²) in [5, 5.41) is 0. The zero-order valence-electron chi connectivity index (χ0n) is 16.7. The molecule has 0 spiro atoms. The molecule has 0 saturated carbocycles. The Balaban J connectivity index is 1.95. The average molecular weight is 408 g/mol. The summed E-state index contributed by atoms with van der Waals surface area (Å²) in [6, 6.07) is 13.5. The van der Waals surface area contributed by atoms with E-state index in [0.29, 0.717) is 17.7 Å². The summed E-state index contributed by atoms with van der Waals surface area (Å²) in [5.74, 6) is -0.329. The zero-order valence-corrected chi connectivity index (χ0v) is 16.7. The van der Waals surface area contributed by atoms with Gasteiger partial charge in [0, 0.05) is 13.7 Å². The topological polar surface area (TPSA) is 71.1 Å². The van der Waals surface area contributed by atoms with E-state index in [1.807, 2.05) is 31.2 Å². The largest absolute Gasteiger partial charge is 0.383 e. The van der Waals surface area contributed by atoms with Crippen molar-refractivity contribution in [2.45, 2.75) is 20.0 Å². The number of imidazole rings is 1. The van der Waals surface area contributed by atoms with Gasteiger partial charge in [-0.1, -0.05) is 29.8 Å². The Hall–Kier alpha value is -3.52. The summed E-state index contributed by atoms with van der Waals surface area (Å²) in [4.78, 5) is 30.8. The second kappa shape index (κ2) is 8.08. The molecular weight excluding hydrogens is 387 g/mol. The number of ether oxygens (including phenoxy) is 1. The van der Waals surface area contributed by atoms with Crippen LogP contribution in [0.4, 0.5) is 4.39 Å². The van der Waals surface area contributed by atoms with Gasteiger partial charge < -0.3 is 9.30 Å². The third-order valence-corrected chi connectivity index (χ3v) is 4.98. The number of halogens is 1. The SMILES string of the molecule is COCCn1c(=O)c2c(ncn2Cc2ccc(F)cc2)n(-c2ccc(C)cc2)c1=O. The molecule has 4 aromatic rings. The maximum atomic E-state index is 13.2. The lowest BCUT2D eigenvalue weighted by atomic mass is 10.2. The Kier molecular flexibility index (Phi) is 5.33. The van der Waals surface area contributed by atoms with Gasteiger partial charge in [0.1, 0.15) is 5.82 Å². The fourth-order valence-corrected chi connectivity index (χ4v) is 3.39. The molecule has 0 unspecified atom stereocenters. The van der Waals surface area contributed by atoms with Gasteiger partial charge in [-0.2, -0.15) is 0 Å². The summed E-state index contributed by atoms with van der Waals surface area (Å²) in [7, 11) is 1.51. The van der Waals surface area contributed by atoms with Gasteiger partial charge in [0.2, 0.25) is 0 Å². The van der Waals surface area contributed by atoms with E-state index in [-0.39, 0.29) is 24.6 Å². The normalized spacial score (nSPS) is 11.3. The van der Waals surface area contributed by atoms with Crippen LogP contribution in [-0.4, -0.2) is 32.4 Å². The molecule has 0 aliphatic rings. The first-order chi connectivity index (χ1) is 14.5. The van der Waals surface area contributed by atoms with Crippen LogP contribution in [0.15, 0.2) is 64.4 Å². The molecule has 4 rings (SSSR count). The van der Waals surface area contributed by atoms with Crippen molar-refractivity contribution in [2.75, 3.05) is 13.7 Å². The highest BCUT2D eigenvalue weighted by Gasteiger charge is 2.19. The Labute approximate surface area is 171 Å². The number of benzene rings is 2. The van der Waals surface area contributed by atoms with Gasteiger partial charge in [0.25, 0.3) is 5.56 Å². The van der Waals surface area contributed by atoms with E-state index in [9.17, 15) is 14.0 Å². The van der Waals surface area contributed by atoms with Crippen molar-refractivity contribution in [1.29, 1.82) is 0 Å². The molecule has 0 bridgehead atoms. The zero-order chi connectivity index (χ0) is 21.3. The number of nitrogens with zero attached hydrogens (tertiary/aromatic N) is 4. The summed E-state index contributed by atoms with van der Waals surface area (Å²) in [6.45, 7) is 2.62. The van der Waals surface area contributed by atoms with Crippen LogP contribution in [-0.2, 0) is 17.8 Å². The van der Waals surface area contributed by atoms with Gasteiger partial charge in [-0.3, -0.25) is 9.36 Å². The Morgan fingerprint density at radius 1 is 1.03 bits per heavy atom. The van der Waals surface area contributed by atoms with Crippen molar-refractivity contribution in [1.82, 2.24) is 18.7 Å². The average Bonchev–Trinajstić information content (AvgIpc) is 3.14. The summed E-state index contributed by atoms with van der Waals surface area (Å²) in [5.41, 5.74) is 2.16. The number of aryl methyl sites for hydroxylation is 1. The van der Waals surface area contributed by atoms with Gasteiger partial charge in [-0.05, 0) is 36.8 Å². The molecule has 8 heteroatoms. The standard InChI is InChI=1S/C22H21FN4O3/c1-15-3-9-18(10-4-15)27-20-19(21(28)26(22(27)29)11-12-30-2)25(14-24-20)13-16-5-7-17(23)8-6-16/h3-10,14H,11-13H2,1-2H3. The molecule has 0 radical (unpaired) electrons. The lowest BCUT2D eigenvalue weighted by Gasteiger charge is -2.13. The van der Waals surface area contributed by atoms with Crippen LogP contribution in [0.3, 0.4) is 0 Å². The Morgan fingerprint density at radius 2 is 1.73 bits per heavy atom. The van der Waals surface area contributed by atoms with Crippen LogP contribution in [0.5, 0.6) is 0 Å². The number of hydrogen-bond donors (Lipinski definition) is 0. The van der Waals surface area contributed by atoms with E-state index in [2.05, 4.69) is 4.98 Å². The number of fused-ring (bicyclic) bond motifs is 1. The predicted molar refractivity (Wildman–Crippen MR) is 112 cm³/mol. The Morgan fingerprint density at radius 3 is 2.40 bits per heavy atom. The smallest absolute Gasteiger partial charge is 0.337 e. The van der Waals surface area contributed by atoms with Crippen molar-refractivity contribution in [2.24, 2.45) is 0 Å². The third-order valence-electron chi connectivity index (χ3n) is 4.98. The second-order valence-corrected chi connectivity index (χ2v) is 7.07. The number of methoxy groups -OCH3 is 1. The van der Waals surface area contributed by atoms with Crippen LogP contribution in [0.1, 0.15) is 11.1 Å². The van der Waals surface area contributed by atoms with Crippen LogP contribution >= 0.6 is 0 Å². The Bertz CT molecular complexity index is 1300. The molecule has 0 saturated heterocycles. The third kappa shape index (κ3) is 3.57. The molecule has 0 fully saturated rings. The van der Waals surface area contributed by atoms with Crippen LogP contribution in [0.2, 0.25) is 0 Å². The van der Waals surface area contributed by atoms with Gasteiger partial charge in [-0.25, -0.2) is 18.7 Å². The lowest BCUT2D eigenvalue weighted by molar-refractivity contribution is 0.184. The summed E-state index contributed by atoms with van der Waals surface area (Å²) in [6.07, 6.45) is 1.53. The molecule has 7 nitrogen and oxygen atoms in total. The van der Waals surface area contributed by atoms with E-state index in [1.54, 1.807) is 16.7 Å². The summed E-state index contributed by atoms with van der Waals surface area (Å²) < 4.78 is 22.6. The van der Waals surface area contributed by atoms with E-state index >= 15 is 0 Å². The minimum absolute atomic E-state index is 0.123. The first-order valence-electron chi connectivity index (χ1n) is 9.50. The van der Waals surface area contributed by atoms with E-state index in [1.165, 1.54) is 30.1 Å². The lowest BCUT2D eigenvalue weighted by Crippen LogP contribution is -2.41. The molecule has 0 aliphatic carbocycles. The predicted octanol–water partition coefficient (Wildman–Crippen LogP) is 2.49. The van der Waals surface area contributed by atoms with Crippen molar-refractivity contribution in [3.8, 4) is 5.69 Å². The highest BCUT2D eigenvalue weighted by Crippen LogP contribution is 2.15. The van der Waals surface area contributed by atoms with Gasteiger partial charge >= 0.3 is 5.69 Å². The minimum atomic E-state index is -0.472. The first kappa shape index (κ1) is 19.8. The van der Waals surface area contributed by atoms with Crippen LogP contribution in [0.25, 0.3) is 16.9 Å². The van der Waals surface area contributed by atoms with Gasteiger partial charge in [0.15, 0.2) is 11.2 Å².